The Bertz CT molecular complexity index is 757. The van der Waals surface area contributed by atoms with Crippen LogP contribution in [0.2, 0.25) is 0 Å². The second-order valence-electron chi connectivity index (χ2n) is 3.70. The van der Waals surface area contributed by atoms with Crippen LogP contribution in [0, 0.1) is 10.1 Å². The largest absolute Gasteiger partial charge is 0.549 e. The van der Waals surface area contributed by atoms with Gasteiger partial charge in [0, 0.05) is 6.07 Å². The number of nitrogens with zero attached hydrogens (tertiary/aromatic N) is 1. The van der Waals surface area contributed by atoms with E-state index in [0.29, 0.717) is 12.1 Å². The Morgan fingerprint density at radius 2 is 1.86 bits per heavy atom. The second kappa shape index (κ2) is 6.00. The highest BCUT2D eigenvalue weighted by atomic mass is 32.2. The first-order valence-electron chi connectivity index (χ1n) is 5.06. The van der Waals surface area contributed by atoms with Crippen LogP contribution in [0.25, 0.3) is 0 Å². The molecule has 1 aromatic rings. The highest BCUT2D eigenvalue weighted by Crippen LogP contribution is 2.33. The third kappa shape index (κ3) is 3.59. The van der Waals surface area contributed by atoms with Gasteiger partial charge in [-0.2, -0.15) is 13.2 Å². The fourth-order valence-corrected chi connectivity index (χ4v) is 3.06. The molecule has 0 amide bonds. The summed E-state index contributed by atoms with van der Waals surface area (Å²) in [6, 6.07) is 0.930. The minimum atomic E-state index is -5.83. The Morgan fingerprint density at radius 3 is 2.27 bits per heavy atom. The number of benzene rings is 1. The van der Waals surface area contributed by atoms with Gasteiger partial charge < -0.3 is 9.90 Å². The van der Waals surface area contributed by atoms with Crippen molar-refractivity contribution in [1.29, 1.82) is 0 Å². The topological polar surface area (TPSA) is 134 Å². The summed E-state index contributed by atoms with van der Waals surface area (Å²) >= 11 is 0. The molecule has 1 rings (SSSR count). The Kier molecular flexibility index (Phi) is 4.92. The number of halogens is 3. The van der Waals surface area contributed by atoms with Crippen molar-refractivity contribution in [3.8, 4) is 0 Å². The number of aliphatic carboxylic acids is 1. The average molecular weight is 360 g/mol. The maximum absolute atomic E-state index is 12.4. The van der Waals surface area contributed by atoms with Crippen molar-refractivity contribution in [3.05, 3.63) is 28.3 Å². The molecular formula is C9H5F3NO7S2-. The van der Waals surface area contributed by atoms with Crippen LogP contribution in [0.4, 0.5) is 18.9 Å². The van der Waals surface area contributed by atoms with Crippen molar-refractivity contribution in [2.45, 2.75) is 15.3 Å². The van der Waals surface area contributed by atoms with Crippen molar-refractivity contribution < 1.29 is 40.6 Å². The van der Waals surface area contributed by atoms with Gasteiger partial charge in [-0.05, 0) is 12.1 Å². The first-order valence-corrected chi connectivity index (χ1v) is 7.86. The molecule has 1 atom stereocenters. The number of sulfone groups is 1. The lowest BCUT2D eigenvalue weighted by Gasteiger charge is -2.09. The van der Waals surface area contributed by atoms with Gasteiger partial charge in [-0.25, -0.2) is 8.42 Å². The molecule has 0 N–H and O–H groups in total. The van der Waals surface area contributed by atoms with E-state index in [2.05, 4.69) is 0 Å². The van der Waals surface area contributed by atoms with Crippen molar-refractivity contribution >= 4 is 32.3 Å². The van der Waals surface area contributed by atoms with Gasteiger partial charge in [0.05, 0.1) is 32.3 Å². The quantitative estimate of drug-likeness (QED) is 0.522. The first-order chi connectivity index (χ1) is 9.87. The predicted octanol–water partition coefficient (Wildman–Crippen LogP) is -0.254. The average Bonchev–Trinajstić information content (AvgIpc) is 2.35. The molecule has 0 saturated heterocycles. The number of alkyl halides is 3. The minimum absolute atomic E-state index is 0.0747. The Hall–Kier alpha value is -2.02. The Labute approximate surface area is 123 Å². The summed E-state index contributed by atoms with van der Waals surface area (Å²) < 4.78 is 71.0. The predicted molar refractivity (Wildman–Crippen MR) is 62.6 cm³/mol. The maximum Gasteiger partial charge on any atom is 0.501 e. The number of hydrogen-bond acceptors (Lipinski definition) is 7. The van der Waals surface area contributed by atoms with Gasteiger partial charge in [-0.3, -0.25) is 14.3 Å². The van der Waals surface area contributed by atoms with Crippen LogP contribution in [0.15, 0.2) is 28.0 Å². The highest BCUT2D eigenvalue weighted by Gasteiger charge is 2.47. The van der Waals surface area contributed by atoms with E-state index in [1.165, 1.54) is 0 Å². The van der Waals surface area contributed by atoms with E-state index >= 15 is 0 Å². The van der Waals surface area contributed by atoms with Gasteiger partial charge in [0.2, 0.25) is 0 Å². The van der Waals surface area contributed by atoms with Crippen molar-refractivity contribution in [2.24, 2.45) is 0 Å². The van der Waals surface area contributed by atoms with Gasteiger partial charge in [0.15, 0.2) is 0 Å². The van der Waals surface area contributed by atoms with Gasteiger partial charge in [0.25, 0.3) is 15.5 Å². The molecular weight excluding hydrogens is 355 g/mol. The van der Waals surface area contributed by atoms with Crippen LogP contribution >= 0.6 is 0 Å². The lowest BCUT2D eigenvalue weighted by Crippen LogP contribution is -2.28. The number of nitro benzene ring substituents is 1. The smallest absolute Gasteiger partial charge is 0.501 e. The fourth-order valence-electron chi connectivity index (χ4n) is 1.32. The summed E-state index contributed by atoms with van der Waals surface area (Å²) in [4.78, 5) is 17.7. The molecule has 0 saturated carbocycles. The van der Waals surface area contributed by atoms with E-state index in [-0.39, 0.29) is 6.07 Å². The number of hydrogen-bond donors (Lipinski definition) is 0. The van der Waals surface area contributed by atoms with Crippen LogP contribution in [0.3, 0.4) is 0 Å². The molecule has 22 heavy (non-hydrogen) atoms. The fraction of sp³-hybridized carbons (Fsp3) is 0.222. The monoisotopic (exact) mass is 360 g/mol. The van der Waals surface area contributed by atoms with Gasteiger partial charge in [-0.1, -0.05) is 0 Å². The molecule has 0 bridgehead atoms. The number of rotatable bonds is 5. The van der Waals surface area contributed by atoms with E-state index < -0.39 is 58.3 Å². The zero-order valence-electron chi connectivity index (χ0n) is 10.2. The standard InChI is InChI=1S/C9H6F3NO7S2/c10-9(11,12)22(19,20)5-1-2-7(6(3-5)13(16)17)21(18)4-8(14)15/h1-3H,4H2,(H,14,15)/p-1/t21-/m1/s1. The SMILES string of the molecule is O=C([O-])C[S@@](=O)c1ccc(S(=O)(=O)C(F)(F)F)cc1[N+](=O)[O-]. The van der Waals surface area contributed by atoms with E-state index in [1.807, 2.05) is 0 Å². The summed E-state index contributed by atoms with van der Waals surface area (Å²) in [6.45, 7) is 0. The van der Waals surface area contributed by atoms with Crippen LogP contribution in [0.1, 0.15) is 0 Å². The summed E-state index contributed by atoms with van der Waals surface area (Å²) in [5.74, 6) is -2.94. The molecule has 8 nitrogen and oxygen atoms in total. The van der Waals surface area contributed by atoms with Gasteiger partial charge in [0.1, 0.15) is 4.90 Å². The molecule has 13 heteroatoms. The molecule has 0 heterocycles. The van der Waals surface area contributed by atoms with Crippen LogP contribution in [0.5, 0.6) is 0 Å². The molecule has 0 aliphatic heterocycles. The lowest BCUT2D eigenvalue weighted by atomic mass is 10.3. The minimum Gasteiger partial charge on any atom is -0.549 e. The van der Waals surface area contributed by atoms with Gasteiger partial charge in [-0.15, -0.1) is 0 Å². The van der Waals surface area contributed by atoms with E-state index in [4.69, 9.17) is 0 Å². The summed E-state index contributed by atoms with van der Waals surface area (Å²) in [5, 5.41) is 21.1. The lowest BCUT2D eigenvalue weighted by molar-refractivity contribution is -0.388. The Morgan fingerprint density at radius 1 is 1.32 bits per heavy atom. The van der Waals surface area contributed by atoms with Crippen molar-refractivity contribution in [3.63, 3.8) is 0 Å². The maximum atomic E-state index is 12.4. The first kappa shape index (κ1) is 18.0. The van der Waals surface area contributed by atoms with Crippen LogP contribution in [-0.2, 0) is 25.4 Å². The molecule has 0 aliphatic rings. The molecule has 0 radical (unpaired) electrons. The molecule has 0 unspecified atom stereocenters. The molecule has 0 spiro atoms. The number of carbonyl (C=O) groups excluding carboxylic acids is 1. The number of carbonyl (C=O) groups is 1. The summed E-state index contributed by atoms with van der Waals surface area (Å²) in [6.07, 6.45) is 0. The number of nitro groups is 1. The highest BCUT2D eigenvalue weighted by molar-refractivity contribution is 7.92. The van der Waals surface area contributed by atoms with Gasteiger partial charge >= 0.3 is 5.51 Å². The molecule has 0 fully saturated rings. The molecule has 0 aliphatic carbocycles. The normalized spacial score (nSPS) is 13.6. The third-order valence-electron chi connectivity index (χ3n) is 2.24. The zero-order chi connectivity index (χ0) is 17.3. The second-order valence-corrected chi connectivity index (χ2v) is 7.06. The van der Waals surface area contributed by atoms with Crippen molar-refractivity contribution in [2.75, 3.05) is 5.75 Å². The van der Waals surface area contributed by atoms with Crippen molar-refractivity contribution in [1.82, 2.24) is 0 Å². The van der Waals surface area contributed by atoms with E-state index in [1.54, 1.807) is 0 Å². The summed E-state index contributed by atoms with van der Waals surface area (Å²) in [7, 11) is -8.31. The molecule has 122 valence electrons. The summed E-state index contributed by atoms with van der Waals surface area (Å²) in [5.41, 5.74) is -6.88. The number of carboxylic acid groups (broad SMARTS) is 1. The number of carboxylic acids is 1. The third-order valence-corrected chi connectivity index (χ3v) is 5.05. The van der Waals surface area contributed by atoms with Crippen LogP contribution in [-0.4, -0.2) is 34.8 Å². The Balaban J connectivity index is 3.49. The molecule has 1 aromatic carbocycles. The zero-order valence-corrected chi connectivity index (χ0v) is 11.8. The van der Waals surface area contributed by atoms with E-state index in [9.17, 15) is 45.8 Å². The molecule has 0 aromatic heterocycles. The van der Waals surface area contributed by atoms with E-state index in [0.717, 1.165) is 0 Å². The van der Waals surface area contributed by atoms with Crippen LogP contribution < -0.4 is 5.11 Å².